The molecule has 1 unspecified atom stereocenters. The van der Waals surface area contributed by atoms with Crippen LogP contribution in [0.2, 0.25) is 0 Å². The van der Waals surface area contributed by atoms with Gasteiger partial charge in [-0.05, 0) is 87.2 Å². The van der Waals surface area contributed by atoms with Gasteiger partial charge < -0.3 is 10.2 Å². The molecule has 0 spiro atoms. The minimum atomic E-state index is -0.596. The first-order valence-electron chi connectivity index (χ1n) is 11.7. The van der Waals surface area contributed by atoms with Crippen molar-refractivity contribution < 1.29 is 18.8 Å². The Morgan fingerprint density at radius 1 is 1.26 bits per heavy atom. The summed E-state index contributed by atoms with van der Waals surface area (Å²) in [5, 5.41) is 2.18. The molecule has 1 fully saturated rings. The normalized spacial score (nSPS) is 20.4. The number of aryl methyl sites for hydroxylation is 1. The van der Waals surface area contributed by atoms with Crippen LogP contribution in [0.3, 0.4) is 0 Å². The molecule has 35 heavy (non-hydrogen) atoms. The Morgan fingerprint density at radius 3 is 2.66 bits per heavy atom. The summed E-state index contributed by atoms with van der Waals surface area (Å²) in [5.41, 5.74) is 3.56. The van der Waals surface area contributed by atoms with E-state index in [0.717, 1.165) is 46.4 Å². The number of carbonyl (C=O) groups excluding carboxylic acids is 3. The number of benzene rings is 2. The van der Waals surface area contributed by atoms with Crippen LogP contribution in [0.25, 0.3) is 6.08 Å². The smallest absolute Gasteiger partial charge is 0.294 e. The number of rotatable bonds is 5. The Labute approximate surface area is 209 Å². The van der Waals surface area contributed by atoms with Gasteiger partial charge in [-0.3, -0.25) is 19.3 Å². The minimum absolute atomic E-state index is 0.0867. The van der Waals surface area contributed by atoms with Gasteiger partial charge in [0.25, 0.3) is 11.1 Å². The van der Waals surface area contributed by atoms with Crippen LogP contribution < -0.4 is 10.2 Å². The van der Waals surface area contributed by atoms with Gasteiger partial charge in [-0.2, -0.15) is 0 Å². The van der Waals surface area contributed by atoms with E-state index in [1.807, 2.05) is 19.1 Å². The fourth-order valence-electron chi connectivity index (χ4n) is 5.05. The van der Waals surface area contributed by atoms with Crippen LogP contribution in [0, 0.1) is 12.7 Å². The molecule has 2 heterocycles. The number of thioether (sulfide) groups is 1. The molecule has 2 aromatic carbocycles. The van der Waals surface area contributed by atoms with Crippen LogP contribution in [0.1, 0.15) is 56.7 Å². The maximum absolute atomic E-state index is 15.2. The molecule has 0 saturated carbocycles. The predicted molar refractivity (Wildman–Crippen MR) is 139 cm³/mol. The molecule has 2 aliphatic heterocycles. The van der Waals surface area contributed by atoms with Crippen molar-refractivity contribution in [2.75, 3.05) is 23.3 Å². The van der Waals surface area contributed by atoms with Crippen molar-refractivity contribution in [3.05, 3.63) is 63.8 Å². The van der Waals surface area contributed by atoms with E-state index in [0.29, 0.717) is 5.69 Å². The highest BCUT2D eigenvalue weighted by Crippen LogP contribution is 2.44. The lowest BCUT2D eigenvalue weighted by molar-refractivity contribution is -0.127. The van der Waals surface area contributed by atoms with Crippen molar-refractivity contribution in [2.45, 2.75) is 52.5 Å². The molecule has 4 rings (SSSR count). The minimum Gasteiger partial charge on any atom is -0.366 e. The SMILES string of the molecule is CCN1c2cc(F)c(/C=C3/SC(=O)N(CC(=O)Nc4ccccc4C)C3=O)cc2C(C)CC1(C)C. The number of anilines is 2. The second kappa shape index (κ2) is 9.49. The molecule has 0 bridgehead atoms. The third kappa shape index (κ3) is 4.85. The lowest BCUT2D eigenvalue weighted by Crippen LogP contribution is -2.48. The van der Waals surface area contributed by atoms with Gasteiger partial charge in [-0.1, -0.05) is 25.1 Å². The van der Waals surface area contributed by atoms with E-state index in [1.54, 1.807) is 18.2 Å². The first-order valence-corrected chi connectivity index (χ1v) is 12.6. The van der Waals surface area contributed by atoms with Crippen molar-refractivity contribution in [2.24, 2.45) is 0 Å². The summed E-state index contributed by atoms with van der Waals surface area (Å²) in [6.45, 7) is 10.7. The zero-order valence-electron chi connectivity index (χ0n) is 20.6. The zero-order chi connectivity index (χ0) is 25.5. The number of carbonyl (C=O) groups is 3. The van der Waals surface area contributed by atoms with Gasteiger partial charge in [0.05, 0.1) is 4.91 Å². The van der Waals surface area contributed by atoms with Crippen molar-refractivity contribution >= 4 is 46.3 Å². The molecule has 0 aromatic heterocycles. The first kappa shape index (κ1) is 25.0. The van der Waals surface area contributed by atoms with Crippen LogP contribution >= 0.6 is 11.8 Å². The molecule has 0 aliphatic carbocycles. The molecular formula is C27H30FN3O3S. The third-order valence-electron chi connectivity index (χ3n) is 6.70. The number of nitrogens with zero attached hydrogens (tertiary/aromatic N) is 2. The summed E-state index contributed by atoms with van der Waals surface area (Å²) in [4.78, 5) is 41.1. The fourth-order valence-corrected chi connectivity index (χ4v) is 5.88. The molecule has 6 nitrogen and oxygen atoms in total. The van der Waals surface area contributed by atoms with Crippen LogP contribution in [0.4, 0.5) is 20.6 Å². The zero-order valence-corrected chi connectivity index (χ0v) is 21.5. The number of fused-ring (bicyclic) bond motifs is 1. The van der Waals surface area contributed by atoms with Crippen molar-refractivity contribution in [3.8, 4) is 0 Å². The van der Waals surface area contributed by atoms with E-state index in [1.165, 1.54) is 12.1 Å². The van der Waals surface area contributed by atoms with E-state index in [2.05, 4.69) is 37.9 Å². The van der Waals surface area contributed by atoms with Gasteiger partial charge in [-0.25, -0.2) is 4.39 Å². The Bertz CT molecular complexity index is 1240. The Balaban J connectivity index is 1.56. The molecule has 8 heteroatoms. The predicted octanol–water partition coefficient (Wildman–Crippen LogP) is 5.92. The van der Waals surface area contributed by atoms with Crippen LogP contribution in [0.15, 0.2) is 41.3 Å². The highest BCUT2D eigenvalue weighted by Gasteiger charge is 2.38. The van der Waals surface area contributed by atoms with Gasteiger partial charge in [0, 0.05) is 29.0 Å². The summed E-state index contributed by atoms with van der Waals surface area (Å²) < 4.78 is 15.2. The lowest BCUT2D eigenvalue weighted by atomic mass is 9.79. The summed E-state index contributed by atoms with van der Waals surface area (Å²) in [6.07, 6.45) is 2.34. The number of halogens is 1. The van der Waals surface area contributed by atoms with Gasteiger partial charge >= 0.3 is 0 Å². The van der Waals surface area contributed by atoms with Gasteiger partial charge in [0.15, 0.2) is 0 Å². The summed E-state index contributed by atoms with van der Waals surface area (Å²) in [6, 6.07) is 10.6. The second-order valence-electron chi connectivity index (χ2n) is 9.73. The maximum atomic E-state index is 15.2. The van der Waals surface area contributed by atoms with E-state index in [4.69, 9.17) is 0 Å². The van der Waals surface area contributed by atoms with E-state index in [9.17, 15) is 14.4 Å². The molecule has 2 aromatic rings. The standard InChI is InChI=1S/C27H30FN3O3S/c1-6-31-22-13-20(28)18(11-19(22)17(3)14-27(31,4)5)12-23-25(33)30(26(34)35-23)15-24(32)29-21-10-8-7-9-16(21)2/h7-13,17H,6,14-15H2,1-5H3,(H,29,32)/b23-12+. The average Bonchev–Trinajstić information content (AvgIpc) is 3.03. The third-order valence-corrected chi connectivity index (χ3v) is 7.61. The van der Waals surface area contributed by atoms with Crippen LogP contribution in [0.5, 0.6) is 0 Å². The van der Waals surface area contributed by atoms with E-state index >= 15 is 4.39 Å². The fraction of sp³-hybridized carbons (Fsp3) is 0.370. The lowest BCUT2D eigenvalue weighted by Gasteiger charge is -2.47. The number of hydrogen-bond acceptors (Lipinski definition) is 5. The van der Waals surface area contributed by atoms with E-state index in [-0.39, 0.29) is 21.9 Å². The average molecular weight is 496 g/mol. The monoisotopic (exact) mass is 495 g/mol. The van der Waals surface area contributed by atoms with Crippen LogP contribution in [-0.2, 0) is 9.59 Å². The molecule has 2 aliphatic rings. The quantitative estimate of drug-likeness (QED) is 0.522. The van der Waals surface area contributed by atoms with E-state index < -0.39 is 29.4 Å². The molecule has 184 valence electrons. The number of amides is 3. The maximum Gasteiger partial charge on any atom is 0.294 e. The Hall–Kier alpha value is -3.13. The summed E-state index contributed by atoms with van der Waals surface area (Å²) in [5.74, 6) is -1.30. The summed E-state index contributed by atoms with van der Waals surface area (Å²) >= 11 is 0.721. The molecular weight excluding hydrogens is 465 g/mol. The van der Waals surface area contributed by atoms with Gasteiger partial charge in [-0.15, -0.1) is 0 Å². The van der Waals surface area contributed by atoms with Crippen LogP contribution in [-0.4, -0.2) is 40.6 Å². The Kier molecular flexibility index (Phi) is 6.77. The molecule has 1 saturated heterocycles. The molecule has 1 N–H and O–H groups in total. The molecule has 0 radical (unpaired) electrons. The number of para-hydroxylation sites is 1. The Morgan fingerprint density at radius 2 is 1.97 bits per heavy atom. The topological polar surface area (TPSA) is 69.7 Å². The highest BCUT2D eigenvalue weighted by atomic mass is 32.2. The second-order valence-corrected chi connectivity index (χ2v) is 10.7. The number of hydrogen-bond donors (Lipinski definition) is 1. The summed E-state index contributed by atoms with van der Waals surface area (Å²) in [7, 11) is 0. The molecule has 1 atom stereocenters. The van der Waals surface area contributed by atoms with Gasteiger partial charge in [0.1, 0.15) is 12.4 Å². The van der Waals surface area contributed by atoms with Gasteiger partial charge in [0.2, 0.25) is 5.91 Å². The van der Waals surface area contributed by atoms with Crippen molar-refractivity contribution in [1.29, 1.82) is 0 Å². The van der Waals surface area contributed by atoms with Crippen molar-refractivity contribution in [1.82, 2.24) is 4.90 Å². The molecule has 3 amide bonds. The number of imide groups is 1. The first-order chi connectivity index (χ1) is 16.5. The number of nitrogens with one attached hydrogen (secondary N) is 1. The largest absolute Gasteiger partial charge is 0.366 e. The highest BCUT2D eigenvalue weighted by molar-refractivity contribution is 8.18. The van der Waals surface area contributed by atoms with Crippen molar-refractivity contribution in [3.63, 3.8) is 0 Å².